The molecular weight excluding hydrogens is 232 g/mol. The van der Waals surface area contributed by atoms with Gasteiger partial charge in [-0.1, -0.05) is 55.8 Å². The minimum atomic E-state index is 0.291. The highest BCUT2D eigenvalue weighted by molar-refractivity contribution is 6.02. The van der Waals surface area contributed by atoms with Crippen molar-refractivity contribution in [3.8, 4) is 11.1 Å². The summed E-state index contributed by atoms with van der Waals surface area (Å²) in [5.41, 5.74) is 6.00. The van der Waals surface area contributed by atoms with Gasteiger partial charge in [-0.05, 0) is 35.1 Å². The molecule has 1 aliphatic rings. The van der Waals surface area contributed by atoms with Gasteiger partial charge in [0.15, 0.2) is 5.78 Å². The zero-order valence-corrected chi connectivity index (χ0v) is 11.3. The molecule has 0 aromatic heterocycles. The number of ketones is 1. The summed E-state index contributed by atoms with van der Waals surface area (Å²) in [6, 6.07) is 14.9. The molecular formula is C18H18O. The van der Waals surface area contributed by atoms with Crippen molar-refractivity contribution >= 4 is 5.78 Å². The fourth-order valence-electron chi connectivity index (χ4n) is 2.90. The lowest BCUT2D eigenvalue weighted by molar-refractivity contribution is 0.0994. The van der Waals surface area contributed by atoms with E-state index in [-0.39, 0.29) is 0 Å². The van der Waals surface area contributed by atoms with Crippen LogP contribution >= 0.6 is 0 Å². The van der Waals surface area contributed by atoms with Gasteiger partial charge in [0.05, 0.1) is 0 Å². The van der Waals surface area contributed by atoms with Gasteiger partial charge >= 0.3 is 0 Å². The van der Waals surface area contributed by atoms with E-state index in [2.05, 4.69) is 37.3 Å². The minimum Gasteiger partial charge on any atom is -0.294 e. The van der Waals surface area contributed by atoms with Crippen LogP contribution in [0.2, 0.25) is 0 Å². The first-order valence-corrected chi connectivity index (χ1v) is 7.04. The maximum Gasteiger partial charge on any atom is 0.163 e. The number of rotatable bonds is 3. The maximum absolute atomic E-state index is 11.8. The Morgan fingerprint density at radius 1 is 0.947 bits per heavy atom. The molecule has 0 amide bonds. The number of benzene rings is 2. The number of carbonyl (C=O) groups is 1. The van der Waals surface area contributed by atoms with Crippen LogP contribution in [0, 0.1) is 0 Å². The lowest BCUT2D eigenvalue weighted by Gasteiger charge is -2.08. The standard InChI is InChI=1S/C18H18O/c1-2-4-13-7-9-14(10-8-13)15-5-3-6-17-16(15)11-12-18(17)19/h3,5-10H,2,4,11-12H2,1H3. The predicted molar refractivity (Wildman–Crippen MR) is 78.5 cm³/mol. The van der Waals surface area contributed by atoms with E-state index in [0.717, 1.165) is 18.4 Å². The highest BCUT2D eigenvalue weighted by Gasteiger charge is 2.21. The van der Waals surface area contributed by atoms with Crippen LogP contribution in [-0.4, -0.2) is 5.78 Å². The molecule has 0 atom stereocenters. The van der Waals surface area contributed by atoms with E-state index in [4.69, 9.17) is 0 Å². The van der Waals surface area contributed by atoms with Crippen LogP contribution in [0.15, 0.2) is 42.5 Å². The molecule has 0 aliphatic heterocycles. The highest BCUT2D eigenvalue weighted by Crippen LogP contribution is 2.32. The maximum atomic E-state index is 11.8. The van der Waals surface area contributed by atoms with Crippen LogP contribution in [0.1, 0.15) is 41.3 Å². The molecule has 0 unspecified atom stereocenters. The lowest BCUT2D eigenvalue weighted by atomic mass is 9.95. The molecule has 0 spiro atoms. The van der Waals surface area contributed by atoms with Gasteiger partial charge < -0.3 is 0 Å². The van der Waals surface area contributed by atoms with Crippen molar-refractivity contribution in [2.24, 2.45) is 0 Å². The van der Waals surface area contributed by atoms with E-state index in [1.165, 1.54) is 28.7 Å². The average Bonchev–Trinajstić information content (AvgIpc) is 2.82. The van der Waals surface area contributed by atoms with E-state index < -0.39 is 0 Å². The average molecular weight is 250 g/mol. The topological polar surface area (TPSA) is 17.1 Å². The number of hydrogen-bond donors (Lipinski definition) is 0. The molecule has 1 nitrogen and oxygen atoms in total. The number of hydrogen-bond acceptors (Lipinski definition) is 1. The van der Waals surface area contributed by atoms with E-state index in [1.54, 1.807) is 0 Å². The highest BCUT2D eigenvalue weighted by atomic mass is 16.1. The summed E-state index contributed by atoms with van der Waals surface area (Å²) >= 11 is 0. The number of Topliss-reactive ketones (excluding diaryl/α,β-unsaturated/α-hetero) is 1. The van der Waals surface area contributed by atoms with Gasteiger partial charge in [-0.3, -0.25) is 4.79 Å². The molecule has 0 bridgehead atoms. The second kappa shape index (κ2) is 5.00. The second-order valence-electron chi connectivity index (χ2n) is 5.20. The van der Waals surface area contributed by atoms with Gasteiger partial charge in [0.1, 0.15) is 0 Å². The van der Waals surface area contributed by atoms with Crippen molar-refractivity contribution in [2.75, 3.05) is 0 Å². The van der Waals surface area contributed by atoms with Crippen molar-refractivity contribution in [3.63, 3.8) is 0 Å². The number of fused-ring (bicyclic) bond motifs is 1. The van der Waals surface area contributed by atoms with Crippen LogP contribution in [-0.2, 0) is 12.8 Å². The Morgan fingerprint density at radius 3 is 2.42 bits per heavy atom. The Kier molecular flexibility index (Phi) is 3.20. The van der Waals surface area contributed by atoms with Crippen molar-refractivity contribution in [1.29, 1.82) is 0 Å². The van der Waals surface area contributed by atoms with E-state index >= 15 is 0 Å². The van der Waals surface area contributed by atoms with Gasteiger partial charge in [0.2, 0.25) is 0 Å². The Morgan fingerprint density at radius 2 is 1.68 bits per heavy atom. The fraction of sp³-hybridized carbons (Fsp3) is 0.278. The molecule has 0 heterocycles. The first-order valence-electron chi connectivity index (χ1n) is 7.04. The molecule has 3 rings (SSSR count). The number of carbonyl (C=O) groups excluding carboxylic acids is 1. The Bertz CT molecular complexity index is 608. The largest absolute Gasteiger partial charge is 0.294 e. The van der Waals surface area contributed by atoms with Crippen molar-refractivity contribution in [3.05, 3.63) is 59.2 Å². The molecule has 0 N–H and O–H groups in total. The van der Waals surface area contributed by atoms with Crippen LogP contribution in [0.3, 0.4) is 0 Å². The van der Waals surface area contributed by atoms with Crippen molar-refractivity contribution < 1.29 is 4.79 Å². The summed E-state index contributed by atoms with van der Waals surface area (Å²) in [6.45, 7) is 2.20. The quantitative estimate of drug-likeness (QED) is 0.787. The first kappa shape index (κ1) is 12.2. The predicted octanol–water partition coefficient (Wildman–Crippen LogP) is 4.44. The third-order valence-corrected chi connectivity index (χ3v) is 3.88. The second-order valence-corrected chi connectivity index (χ2v) is 5.20. The Hall–Kier alpha value is -1.89. The summed E-state index contributed by atoms with van der Waals surface area (Å²) in [5.74, 6) is 0.291. The summed E-state index contributed by atoms with van der Waals surface area (Å²) < 4.78 is 0. The zero-order valence-electron chi connectivity index (χ0n) is 11.3. The van der Waals surface area contributed by atoms with Gasteiger partial charge in [0, 0.05) is 12.0 Å². The van der Waals surface area contributed by atoms with Crippen molar-refractivity contribution in [1.82, 2.24) is 0 Å². The summed E-state index contributed by atoms with van der Waals surface area (Å²) in [7, 11) is 0. The van der Waals surface area contributed by atoms with Crippen LogP contribution in [0.4, 0.5) is 0 Å². The third-order valence-electron chi connectivity index (χ3n) is 3.88. The fourth-order valence-corrected chi connectivity index (χ4v) is 2.90. The normalized spacial score (nSPS) is 13.6. The molecule has 0 radical (unpaired) electrons. The molecule has 96 valence electrons. The van der Waals surface area contributed by atoms with Gasteiger partial charge in [-0.25, -0.2) is 0 Å². The minimum absolute atomic E-state index is 0.291. The van der Waals surface area contributed by atoms with Gasteiger partial charge in [-0.15, -0.1) is 0 Å². The van der Waals surface area contributed by atoms with Crippen LogP contribution in [0.25, 0.3) is 11.1 Å². The smallest absolute Gasteiger partial charge is 0.163 e. The third kappa shape index (κ3) is 2.21. The molecule has 2 aromatic rings. The first-order chi connectivity index (χ1) is 9.29. The summed E-state index contributed by atoms with van der Waals surface area (Å²) in [4.78, 5) is 11.8. The van der Waals surface area contributed by atoms with Crippen LogP contribution in [0.5, 0.6) is 0 Å². The monoisotopic (exact) mass is 250 g/mol. The molecule has 0 saturated carbocycles. The lowest BCUT2D eigenvalue weighted by Crippen LogP contribution is -1.92. The summed E-state index contributed by atoms with van der Waals surface area (Å²) in [6.07, 6.45) is 3.86. The molecule has 2 aromatic carbocycles. The molecule has 1 heteroatoms. The van der Waals surface area contributed by atoms with E-state index in [0.29, 0.717) is 12.2 Å². The van der Waals surface area contributed by atoms with E-state index in [9.17, 15) is 4.79 Å². The molecule has 1 aliphatic carbocycles. The molecule has 0 fully saturated rings. The molecule has 19 heavy (non-hydrogen) atoms. The molecule has 0 saturated heterocycles. The van der Waals surface area contributed by atoms with Gasteiger partial charge in [0.25, 0.3) is 0 Å². The SMILES string of the molecule is CCCc1ccc(-c2cccc3c2CCC3=O)cc1. The Labute approximate surface area is 114 Å². The van der Waals surface area contributed by atoms with Crippen LogP contribution < -0.4 is 0 Å². The zero-order chi connectivity index (χ0) is 13.2. The number of aryl methyl sites for hydroxylation is 1. The summed E-state index contributed by atoms with van der Waals surface area (Å²) in [5, 5.41) is 0. The van der Waals surface area contributed by atoms with Crippen molar-refractivity contribution in [2.45, 2.75) is 32.6 Å². The van der Waals surface area contributed by atoms with E-state index in [1.807, 2.05) is 12.1 Å². The van der Waals surface area contributed by atoms with Gasteiger partial charge in [-0.2, -0.15) is 0 Å². The Balaban J connectivity index is 2.01.